The number of nitrogens with one attached hydrogen (secondary N) is 1. The SMILES string of the molecule is COCC(C)N(C)C(=N)C(C)(C)C. The molecule has 0 aromatic heterocycles. The van der Waals surface area contributed by atoms with Crippen molar-refractivity contribution < 1.29 is 4.74 Å². The quantitative estimate of drug-likeness (QED) is 0.540. The Morgan fingerprint density at radius 1 is 1.46 bits per heavy atom. The minimum absolute atomic E-state index is 0.0866. The Kier molecular flexibility index (Phi) is 4.40. The summed E-state index contributed by atoms with van der Waals surface area (Å²) in [6, 6.07) is 0.261. The van der Waals surface area contributed by atoms with Gasteiger partial charge in [0.05, 0.1) is 12.6 Å². The lowest BCUT2D eigenvalue weighted by Crippen LogP contribution is -2.43. The van der Waals surface area contributed by atoms with Crippen molar-refractivity contribution in [3.8, 4) is 0 Å². The monoisotopic (exact) mass is 186 g/mol. The molecule has 0 rings (SSSR count). The highest BCUT2D eigenvalue weighted by atomic mass is 16.5. The summed E-state index contributed by atoms with van der Waals surface area (Å²) < 4.78 is 5.05. The fraction of sp³-hybridized carbons (Fsp3) is 0.900. The third-order valence-electron chi connectivity index (χ3n) is 2.13. The highest BCUT2D eigenvalue weighted by Gasteiger charge is 2.23. The number of hydrogen-bond donors (Lipinski definition) is 1. The van der Waals surface area contributed by atoms with E-state index in [0.717, 1.165) is 0 Å². The summed E-state index contributed by atoms with van der Waals surface area (Å²) in [7, 11) is 3.63. The van der Waals surface area contributed by atoms with Crippen molar-refractivity contribution >= 4 is 5.84 Å². The minimum Gasteiger partial charge on any atom is -0.383 e. The van der Waals surface area contributed by atoms with Gasteiger partial charge >= 0.3 is 0 Å². The van der Waals surface area contributed by atoms with Crippen LogP contribution in [0.1, 0.15) is 27.7 Å². The summed E-state index contributed by atoms with van der Waals surface area (Å²) in [4.78, 5) is 1.96. The van der Waals surface area contributed by atoms with Gasteiger partial charge in [-0.15, -0.1) is 0 Å². The molecule has 0 aliphatic carbocycles. The first-order chi connectivity index (χ1) is 5.80. The van der Waals surface area contributed by atoms with E-state index in [2.05, 4.69) is 6.92 Å². The lowest BCUT2D eigenvalue weighted by atomic mass is 9.93. The van der Waals surface area contributed by atoms with Gasteiger partial charge in [0.25, 0.3) is 0 Å². The number of ether oxygens (including phenoxy) is 1. The summed E-state index contributed by atoms with van der Waals surface area (Å²) >= 11 is 0. The third kappa shape index (κ3) is 3.77. The van der Waals surface area contributed by atoms with Gasteiger partial charge in [-0.05, 0) is 6.92 Å². The molecule has 0 aliphatic heterocycles. The molecular formula is C10H22N2O. The van der Waals surface area contributed by atoms with Crippen LogP contribution in [-0.2, 0) is 4.74 Å². The number of amidine groups is 1. The van der Waals surface area contributed by atoms with Crippen molar-refractivity contribution in [1.29, 1.82) is 5.41 Å². The molecule has 78 valence electrons. The Hall–Kier alpha value is -0.570. The maximum absolute atomic E-state index is 7.93. The lowest BCUT2D eigenvalue weighted by molar-refractivity contribution is 0.141. The summed E-state index contributed by atoms with van der Waals surface area (Å²) in [5, 5.41) is 7.93. The van der Waals surface area contributed by atoms with E-state index in [1.807, 2.05) is 32.7 Å². The van der Waals surface area contributed by atoms with Crippen LogP contribution in [0.3, 0.4) is 0 Å². The molecule has 0 aliphatic rings. The second-order valence-electron chi connectivity index (χ2n) is 4.51. The first-order valence-electron chi connectivity index (χ1n) is 4.61. The molecule has 0 fully saturated rings. The number of methoxy groups -OCH3 is 1. The van der Waals surface area contributed by atoms with Crippen molar-refractivity contribution in [1.82, 2.24) is 4.90 Å². The largest absolute Gasteiger partial charge is 0.383 e. The van der Waals surface area contributed by atoms with Crippen LogP contribution >= 0.6 is 0 Å². The first-order valence-corrected chi connectivity index (χ1v) is 4.61. The Labute approximate surface area is 81.6 Å². The molecule has 3 heteroatoms. The van der Waals surface area contributed by atoms with E-state index in [4.69, 9.17) is 10.1 Å². The molecule has 1 N–H and O–H groups in total. The van der Waals surface area contributed by atoms with E-state index in [9.17, 15) is 0 Å². The predicted octanol–water partition coefficient (Wildman–Crippen LogP) is 1.98. The van der Waals surface area contributed by atoms with Crippen LogP contribution in [-0.4, -0.2) is 37.5 Å². The topological polar surface area (TPSA) is 36.3 Å². The fourth-order valence-electron chi connectivity index (χ4n) is 1.10. The van der Waals surface area contributed by atoms with E-state index in [-0.39, 0.29) is 11.5 Å². The third-order valence-corrected chi connectivity index (χ3v) is 2.13. The number of likely N-dealkylation sites (N-methyl/N-ethyl adjacent to an activating group) is 1. The van der Waals surface area contributed by atoms with Gasteiger partial charge in [0, 0.05) is 19.6 Å². The average molecular weight is 186 g/mol. The second kappa shape index (κ2) is 4.61. The molecule has 0 amide bonds. The number of hydrogen-bond acceptors (Lipinski definition) is 2. The Morgan fingerprint density at radius 2 is 1.92 bits per heavy atom. The second-order valence-corrected chi connectivity index (χ2v) is 4.51. The van der Waals surface area contributed by atoms with Crippen LogP contribution in [0.4, 0.5) is 0 Å². The van der Waals surface area contributed by atoms with Gasteiger partial charge in [0.1, 0.15) is 5.84 Å². The normalized spacial score (nSPS) is 14.0. The van der Waals surface area contributed by atoms with Gasteiger partial charge in [-0.2, -0.15) is 0 Å². The van der Waals surface area contributed by atoms with E-state index in [0.29, 0.717) is 12.4 Å². The van der Waals surface area contributed by atoms with Crippen molar-refractivity contribution in [3.05, 3.63) is 0 Å². The van der Waals surface area contributed by atoms with Crippen LogP contribution in [0.2, 0.25) is 0 Å². The van der Waals surface area contributed by atoms with Crippen LogP contribution in [0.25, 0.3) is 0 Å². The highest BCUT2D eigenvalue weighted by Crippen LogP contribution is 2.18. The summed E-state index contributed by atoms with van der Waals surface area (Å²) in [6.45, 7) is 8.86. The summed E-state index contributed by atoms with van der Waals surface area (Å²) in [6.07, 6.45) is 0. The molecule has 0 bridgehead atoms. The number of rotatable bonds is 3. The van der Waals surface area contributed by atoms with Crippen LogP contribution in [0.5, 0.6) is 0 Å². The van der Waals surface area contributed by atoms with Gasteiger partial charge < -0.3 is 9.64 Å². The standard InChI is InChI=1S/C10H22N2O/c1-8(7-13-6)12(5)9(11)10(2,3)4/h8,11H,7H2,1-6H3. The summed E-state index contributed by atoms with van der Waals surface area (Å²) in [5.41, 5.74) is -0.0866. The van der Waals surface area contributed by atoms with E-state index < -0.39 is 0 Å². The molecule has 0 saturated heterocycles. The molecular weight excluding hydrogens is 164 g/mol. The lowest BCUT2D eigenvalue weighted by Gasteiger charge is -2.33. The maximum Gasteiger partial charge on any atom is 0.101 e. The van der Waals surface area contributed by atoms with Crippen molar-refractivity contribution in [2.45, 2.75) is 33.7 Å². The molecule has 0 aromatic rings. The van der Waals surface area contributed by atoms with Crippen molar-refractivity contribution in [2.24, 2.45) is 5.41 Å². The van der Waals surface area contributed by atoms with Crippen molar-refractivity contribution in [2.75, 3.05) is 20.8 Å². The van der Waals surface area contributed by atoms with E-state index in [1.165, 1.54) is 0 Å². The molecule has 1 atom stereocenters. The molecule has 13 heavy (non-hydrogen) atoms. The van der Waals surface area contributed by atoms with Crippen LogP contribution in [0, 0.1) is 10.8 Å². The zero-order valence-electron chi connectivity index (χ0n) is 9.64. The van der Waals surface area contributed by atoms with E-state index in [1.54, 1.807) is 7.11 Å². The minimum atomic E-state index is -0.0866. The zero-order chi connectivity index (χ0) is 10.6. The molecule has 0 aromatic carbocycles. The molecule has 1 unspecified atom stereocenters. The van der Waals surface area contributed by atoms with Crippen LogP contribution in [0.15, 0.2) is 0 Å². The van der Waals surface area contributed by atoms with E-state index >= 15 is 0 Å². The number of nitrogens with zero attached hydrogens (tertiary/aromatic N) is 1. The van der Waals surface area contributed by atoms with Gasteiger partial charge in [-0.1, -0.05) is 20.8 Å². The first kappa shape index (κ1) is 12.4. The summed E-state index contributed by atoms with van der Waals surface area (Å²) in [5.74, 6) is 0.650. The molecule has 3 nitrogen and oxygen atoms in total. The Bertz CT molecular complexity index is 172. The fourth-order valence-corrected chi connectivity index (χ4v) is 1.10. The molecule has 0 heterocycles. The maximum atomic E-state index is 7.93. The molecule has 0 saturated carbocycles. The Morgan fingerprint density at radius 3 is 2.23 bits per heavy atom. The zero-order valence-corrected chi connectivity index (χ0v) is 9.64. The van der Waals surface area contributed by atoms with Gasteiger partial charge in [-0.3, -0.25) is 5.41 Å². The average Bonchev–Trinajstić information content (AvgIpc) is 2.00. The Balaban J connectivity index is 4.26. The highest BCUT2D eigenvalue weighted by molar-refractivity contribution is 5.84. The smallest absolute Gasteiger partial charge is 0.101 e. The van der Waals surface area contributed by atoms with Gasteiger partial charge in [0.15, 0.2) is 0 Å². The molecule has 0 radical (unpaired) electrons. The van der Waals surface area contributed by atoms with Gasteiger partial charge in [-0.25, -0.2) is 0 Å². The predicted molar refractivity (Wildman–Crippen MR) is 56.3 cm³/mol. The molecule has 0 spiro atoms. The van der Waals surface area contributed by atoms with Crippen molar-refractivity contribution in [3.63, 3.8) is 0 Å². The van der Waals surface area contributed by atoms with Crippen LogP contribution < -0.4 is 0 Å². The van der Waals surface area contributed by atoms with Gasteiger partial charge in [0.2, 0.25) is 0 Å².